The Labute approximate surface area is 140 Å². The maximum atomic E-state index is 12.3. The largest absolute Gasteiger partial charge is 0.394 e. The van der Waals surface area contributed by atoms with E-state index in [1.807, 2.05) is 0 Å². The van der Waals surface area contributed by atoms with Crippen LogP contribution in [0.5, 0.6) is 0 Å². The number of nitrogens with zero attached hydrogens (tertiary/aromatic N) is 1. The minimum Gasteiger partial charge on any atom is -0.394 e. The Kier molecular flexibility index (Phi) is 4.33. The van der Waals surface area contributed by atoms with E-state index in [2.05, 4.69) is 4.98 Å². The van der Waals surface area contributed by atoms with Gasteiger partial charge in [0, 0.05) is 22.8 Å². The predicted molar refractivity (Wildman–Crippen MR) is 83.8 cm³/mol. The number of hydrogen-bond donors (Lipinski definition) is 4. The number of nitrogens with one attached hydrogen (secondary N) is 1. The van der Waals surface area contributed by atoms with Gasteiger partial charge in [-0.05, 0) is 12.1 Å². The van der Waals surface area contributed by atoms with Gasteiger partial charge < -0.3 is 20.1 Å². The molecule has 0 unspecified atom stereocenters. The first-order chi connectivity index (χ1) is 11.4. The molecule has 1 aromatic carbocycles. The van der Waals surface area contributed by atoms with Gasteiger partial charge in [-0.15, -0.1) is 0 Å². The minimum absolute atomic E-state index is 0.323. The van der Waals surface area contributed by atoms with E-state index in [-0.39, 0.29) is 0 Å². The second kappa shape index (κ2) is 6.15. The van der Waals surface area contributed by atoms with Gasteiger partial charge in [0.05, 0.1) is 6.61 Å². The minimum atomic E-state index is -1.82. The smallest absolute Gasteiger partial charge is 0.331 e. The van der Waals surface area contributed by atoms with Crippen LogP contribution in [0.25, 0.3) is 0 Å². The van der Waals surface area contributed by atoms with Crippen molar-refractivity contribution >= 4 is 11.6 Å². The second-order valence-corrected chi connectivity index (χ2v) is 5.89. The van der Waals surface area contributed by atoms with Crippen molar-refractivity contribution in [2.45, 2.75) is 24.0 Å². The van der Waals surface area contributed by atoms with E-state index < -0.39 is 41.9 Å². The summed E-state index contributed by atoms with van der Waals surface area (Å²) >= 11 is 5.87. The van der Waals surface area contributed by atoms with Crippen molar-refractivity contribution in [1.82, 2.24) is 9.55 Å². The highest BCUT2D eigenvalue weighted by atomic mass is 35.5. The van der Waals surface area contributed by atoms with Gasteiger partial charge in [0.25, 0.3) is 5.56 Å². The summed E-state index contributed by atoms with van der Waals surface area (Å²) in [7, 11) is 0. The highest BCUT2D eigenvalue weighted by Crippen LogP contribution is 2.40. The molecule has 8 nitrogen and oxygen atoms in total. The number of aromatic amines is 1. The van der Waals surface area contributed by atoms with Crippen LogP contribution in [0, 0.1) is 0 Å². The number of hydrogen-bond acceptors (Lipinski definition) is 6. The molecule has 1 saturated heterocycles. The van der Waals surface area contributed by atoms with Crippen molar-refractivity contribution in [1.29, 1.82) is 0 Å². The van der Waals surface area contributed by atoms with Gasteiger partial charge in [-0.2, -0.15) is 0 Å². The summed E-state index contributed by atoms with van der Waals surface area (Å²) in [5.41, 5.74) is -2.95. The maximum Gasteiger partial charge on any atom is 0.331 e. The summed E-state index contributed by atoms with van der Waals surface area (Å²) in [5.74, 6) is 0. The molecule has 0 bridgehead atoms. The third kappa shape index (κ3) is 2.48. The van der Waals surface area contributed by atoms with Crippen LogP contribution in [0.1, 0.15) is 5.56 Å². The quantitative estimate of drug-likeness (QED) is 0.560. The molecule has 4 N–H and O–H groups in total. The Hall–Kier alpha value is -1.97. The van der Waals surface area contributed by atoms with E-state index in [0.29, 0.717) is 10.6 Å². The fourth-order valence-electron chi connectivity index (χ4n) is 2.89. The van der Waals surface area contributed by atoms with Gasteiger partial charge in [-0.1, -0.05) is 23.7 Å². The summed E-state index contributed by atoms with van der Waals surface area (Å²) in [5, 5.41) is 30.6. The zero-order valence-electron chi connectivity index (χ0n) is 12.3. The molecular formula is C15H15ClN2O6. The third-order valence-corrected chi connectivity index (χ3v) is 4.31. The zero-order chi connectivity index (χ0) is 17.5. The standard InChI is InChI=1S/C15H15ClN2O6/c16-9-3-1-8(2-4-9)15(13(22)12(21)10(7-19)24-15)18-6-5-11(20)17-14(18)23/h1-6,10,12-13,19,21-22H,7H2,(H,17,20,23)/t10-,12-,13-,15-/m1/s1. The van der Waals surface area contributed by atoms with Gasteiger partial charge in [-0.3, -0.25) is 14.3 Å². The summed E-state index contributed by atoms with van der Waals surface area (Å²) in [6.07, 6.45) is -2.97. The van der Waals surface area contributed by atoms with Crippen molar-refractivity contribution in [3.8, 4) is 0 Å². The van der Waals surface area contributed by atoms with Crippen LogP contribution in [0.15, 0.2) is 46.1 Å². The predicted octanol–water partition coefficient (Wildman–Crippen LogP) is -0.996. The Balaban J connectivity index is 2.27. The molecule has 2 aromatic rings. The molecule has 0 spiro atoms. The fraction of sp³-hybridized carbons (Fsp3) is 0.333. The first-order valence-corrected chi connectivity index (χ1v) is 7.51. The Morgan fingerprint density at radius 1 is 1.21 bits per heavy atom. The molecule has 24 heavy (non-hydrogen) atoms. The SMILES string of the molecule is O=c1ccn([C@]2(c3ccc(Cl)cc3)O[C@H](CO)[C@@H](O)[C@H]2O)c(=O)[nH]1. The first kappa shape index (κ1) is 16.9. The van der Waals surface area contributed by atoms with E-state index in [1.54, 1.807) is 0 Å². The fourth-order valence-corrected chi connectivity index (χ4v) is 3.02. The van der Waals surface area contributed by atoms with E-state index in [1.165, 1.54) is 24.3 Å². The summed E-state index contributed by atoms with van der Waals surface area (Å²) < 4.78 is 6.68. The van der Waals surface area contributed by atoms with Gasteiger partial charge in [0.2, 0.25) is 5.72 Å². The Morgan fingerprint density at radius 2 is 1.88 bits per heavy atom. The Morgan fingerprint density at radius 3 is 2.42 bits per heavy atom. The summed E-state index contributed by atoms with van der Waals surface area (Å²) in [4.78, 5) is 25.7. The lowest BCUT2D eigenvalue weighted by Gasteiger charge is -2.34. The molecule has 9 heteroatoms. The molecule has 0 amide bonds. The van der Waals surface area contributed by atoms with Crippen molar-refractivity contribution in [3.05, 3.63) is 68.0 Å². The van der Waals surface area contributed by atoms with Gasteiger partial charge in [0.1, 0.15) is 18.3 Å². The zero-order valence-corrected chi connectivity index (χ0v) is 13.1. The molecule has 0 radical (unpaired) electrons. The van der Waals surface area contributed by atoms with Crippen molar-refractivity contribution < 1.29 is 20.1 Å². The monoisotopic (exact) mass is 354 g/mol. The number of halogens is 1. The van der Waals surface area contributed by atoms with Crippen molar-refractivity contribution in [2.75, 3.05) is 6.61 Å². The van der Waals surface area contributed by atoms with Crippen LogP contribution < -0.4 is 11.2 Å². The van der Waals surface area contributed by atoms with E-state index >= 15 is 0 Å². The van der Waals surface area contributed by atoms with Crippen molar-refractivity contribution in [3.63, 3.8) is 0 Å². The molecule has 128 valence electrons. The van der Waals surface area contributed by atoms with Crippen LogP contribution in [0.3, 0.4) is 0 Å². The molecule has 1 fully saturated rings. The number of H-pyrrole nitrogens is 1. The van der Waals surface area contributed by atoms with Crippen LogP contribution in [0.4, 0.5) is 0 Å². The molecule has 0 saturated carbocycles. The van der Waals surface area contributed by atoms with Crippen LogP contribution in [0.2, 0.25) is 5.02 Å². The molecule has 1 aliphatic rings. The molecule has 2 heterocycles. The number of aliphatic hydroxyl groups excluding tert-OH is 3. The number of aliphatic hydroxyl groups is 3. The highest BCUT2D eigenvalue weighted by molar-refractivity contribution is 6.30. The number of benzene rings is 1. The molecule has 1 aliphatic heterocycles. The Bertz CT molecular complexity index is 848. The average Bonchev–Trinajstić information content (AvgIpc) is 2.81. The lowest BCUT2D eigenvalue weighted by molar-refractivity contribution is -0.120. The molecular weight excluding hydrogens is 340 g/mol. The maximum absolute atomic E-state index is 12.3. The van der Waals surface area contributed by atoms with E-state index in [9.17, 15) is 24.9 Å². The lowest BCUT2D eigenvalue weighted by Crippen LogP contribution is -2.52. The third-order valence-electron chi connectivity index (χ3n) is 4.06. The van der Waals surface area contributed by atoms with Crippen molar-refractivity contribution in [2.24, 2.45) is 0 Å². The molecule has 0 aliphatic carbocycles. The number of aromatic nitrogens is 2. The second-order valence-electron chi connectivity index (χ2n) is 5.46. The van der Waals surface area contributed by atoms with Crippen LogP contribution in [-0.2, 0) is 10.5 Å². The van der Waals surface area contributed by atoms with Gasteiger partial charge in [0.15, 0.2) is 0 Å². The van der Waals surface area contributed by atoms with Crippen LogP contribution in [-0.4, -0.2) is 49.8 Å². The van der Waals surface area contributed by atoms with Gasteiger partial charge in [-0.25, -0.2) is 4.79 Å². The van der Waals surface area contributed by atoms with E-state index in [0.717, 1.165) is 16.8 Å². The first-order valence-electron chi connectivity index (χ1n) is 7.13. The van der Waals surface area contributed by atoms with E-state index in [4.69, 9.17) is 16.3 Å². The highest BCUT2D eigenvalue weighted by Gasteiger charge is 2.57. The molecule has 1 aromatic heterocycles. The summed E-state index contributed by atoms with van der Waals surface area (Å²) in [6, 6.07) is 7.20. The van der Waals surface area contributed by atoms with Crippen LogP contribution >= 0.6 is 11.6 Å². The number of rotatable bonds is 3. The normalized spacial score (nSPS) is 29.8. The average molecular weight is 355 g/mol. The summed E-state index contributed by atoms with van der Waals surface area (Å²) in [6.45, 7) is -0.564. The lowest BCUT2D eigenvalue weighted by atomic mass is 9.94. The van der Waals surface area contributed by atoms with Gasteiger partial charge >= 0.3 is 5.69 Å². The molecule has 3 rings (SSSR count). The number of ether oxygens (including phenoxy) is 1. The molecule has 4 atom stereocenters. The topological polar surface area (TPSA) is 125 Å².